The van der Waals surface area contributed by atoms with E-state index in [-0.39, 0.29) is 17.8 Å². The maximum Gasteiger partial charge on any atom is 0.253 e. The number of carbonyl (C=O) groups is 1. The fourth-order valence-electron chi connectivity index (χ4n) is 4.83. The van der Waals surface area contributed by atoms with Crippen molar-refractivity contribution in [1.82, 2.24) is 14.8 Å². The summed E-state index contributed by atoms with van der Waals surface area (Å²) in [5, 5.41) is 9.44. The molecule has 0 saturated carbocycles. The summed E-state index contributed by atoms with van der Waals surface area (Å²) < 4.78 is 15.1. The topological polar surface area (TPSA) is 63.5 Å². The smallest absolute Gasteiger partial charge is 0.253 e. The molecule has 186 valence electrons. The Kier molecular flexibility index (Phi) is 8.29. The first-order valence-electron chi connectivity index (χ1n) is 12.5. The molecule has 0 N–H and O–H groups in total. The number of anilines is 2. The zero-order valence-corrected chi connectivity index (χ0v) is 20.9. The minimum absolute atomic E-state index is 0.0152. The SMILES string of the molecule is CCN(CC)C(=O)c1ccc(N(c2cc(C#N)ccc2F)C2CCN(Cc3ccccn3)CC2)cc1. The molecule has 0 radical (unpaired) electrons. The number of rotatable bonds is 8. The molecule has 0 atom stereocenters. The molecule has 6 nitrogen and oxygen atoms in total. The van der Waals surface area contributed by atoms with Crippen LogP contribution >= 0.6 is 0 Å². The summed E-state index contributed by atoms with van der Waals surface area (Å²) in [6.07, 6.45) is 3.48. The first-order chi connectivity index (χ1) is 17.5. The van der Waals surface area contributed by atoms with Gasteiger partial charge in [0.15, 0.2) is 0 Å². The quantitative estimate of drug-likeness (QED) is 0.429. The molecule has 1 aliphatic rings. The van der Waals surface area contributed by atoms with Crippen LogP contribution in [-0.2, 0) is 6.54 Å². The predicted octanol–water partition coefficient (Wildman–Crippen LogP) is 5.38. The van der Waals surface area contributed by atoms with E-state index in [0.29, 0.717) is 29.9 Å². The molecule has 0 spiro atoms. The van der Waals surface area contributed by atoms with Crippen molar-refractivity contribution in [1.29, 1.82) is 5.26 Å². The van der Waals surface area contributed by atoms with Crippen molar-refractivity contribution in [2.45, 2.75) is 39.3 Å². The van der Waals surface area contributed by atoms with Crippen molar-refractivity contribution in [3.8, 4) is 6.07 Å². The Morgan fingerprint density at radius 3 is 2.42 bits per heavy atom. The van der Waals surface area contributed by atoms with Crippen LogP contribution in [0.25, 0.3) is 0 Å². The molecule has 1 fully saturated rings. The van der Waals surface area contributed by atoms with E-state index >= 15 is 4.39 Å². The van der Waals surface area contributed by atoms with Crippen molar-refractivity contribution < 1.29 is 9.18 Å². The van der Waals surface area contributed by atoms with Gasteiger partial charge in [-0.1, -0.05) is 6.07 Å². The average molecular weight is 486 g/mol. The number of halogens is 1. The van der Waals surface area contributed by atoms with E-state index in [4.69, 9.17) is 0 Å². The van der Waals surface area contributed by atoms with Crippen molar-refractivity contribution in [3.05, 3.63) is 89.5 Å². The summed E-state index contributed by atoms with van der Waals surface area (Å²) in [6.45, 7) is 7.71. The van der Waals surface area contributed by atoms with Crippen LogP contribution in [0.1, 0.15) is 48.3 Å². The van der Waals surface area contributed by atoms with Crippen molar-refractivity contribution in [3.63, 3.8) is 0 Å². The number of piperidine rings is 1. The number of hydrogen-bond acceptors (Lipinski definition) is 5. The first-order valence-corrected chi connectivity index (χ1v) is 12.5. The maximum atomic E-state index is 15.1. The van der Waals surface area contributed by atoms with Gasteiger partial charge >= 0.3 is 0 Å². The first kappa shape index (κ1) is 25.3. The molecule has 36 heavy (non-hydrogen) atoms. The highest BCUT2D eigenvalue weighted by atomic mass is 19.1. The van der Waals surface area contributed by atoms with E-state index in [2.05, 4.69) is 16.0 Å². The van der Waals surface area contributed by atoms with Gasteiger partial charge in [0, 0.05) is 56.2 Å². The fraction of sp³-hybridized carbons (Fsp3) is 0.345. The molecule has 0 unspecified atom stereocenters. The lowest BCUT2D eigenvalue weighted by atomic mass is 10.00. The van der Waals surface area contributed by atoms with Crippen LogP contribution in [0, 0.1) is 17.1 Å². The highest BCUT2D eigenvalue weighted by Crippen LogP contribution is 2.35. The van der Waals surface area contributed by atoms with Gasteiger partial charge in [-0.05, 0) is 81.3 Å². The number of aromatic nitrogens is 1. The molecule has 1 saturated heterocycles. The molecule has 0 aliphatic carbocycles. The molecule has 2 aromatic carbocycles. The normalized spacial score (nSPS) is 14.3. The molecule has 0 bridgehead atoms. The van der Waals surface area contributed by atoms with Crippen LogP contribution in [0.2, 0.25) is 0 Å². The van der Waals surface area contributed by atoms with Crippen molar-refractivity contribution in [2.75, 3.05) is 31.1 Å². The summed E-state index contributed by atoms with van der Waals surface area (Å²) in [5.41, 5.74) is 3.26. The number of pyridine rings is 1. The van der Waals surface area contributed by atoms with E-state index in [1.54, 1.807) is 11.0 Å². The zero-order valence-electron chi connectivity index (χ0n) is 20.9. The van der Waals surface area contributed by atoms with E-state index < -0.39 is 0 Å². The lowest BCUT2D eigenvalue weighted by Crippen LogP contribution is -2.43. The van der Waals surface area contributed by atoms with Crippen LogP contribution in [0.4, 0.5) is 15.8 Å². The molecule has 7 heteroatoms. The van der Waals surface area contributed by atoms with Gasteiger partial charge < -0.3 is 9.80 Å². The van der Waals surface area contributed by atoms with Crippen LogP contribution < -0.4 is 4.90 Å². The van der Waals surface area contributed by atoms with E-state index in [9.17, 15) is 10.1 Å². The molecule has 2 heterocycles. The Morgan fingerprint density at radius 2 is 1.81 bits per heavy atom. The Morgan fingerprint density at radius 1 is 1.08 bits per heavy atom. The average Bonchev–Trinajstić information content (AvgIpc) is 2.92. The molecular formula is C29H32FN5O. The number of benzene rings is 2. The molecule has 1 aromatic heterocycles. The lowest BCUT2D eigenvalue weighted by molar-refractivity contribution is 0.0773. The number of likely N-dealkylation sites (tertiary alicyclic amines) is 1. The van der Waals surface area contributed by atoms with E-state index in [1.165, 1.54) is 12.1 Å². The van der Waals surface area contributed by atoms with Gasteiger partial charge in [0.2, 0.25) is 0 Å². The number of nitrogens with zero attached hydrogens (tertiary/aromatic N) is 5. The highest BCUT2D eigenvalue weighted by molar-refractivity contribution is 5.94. The van der Waals surface area contributed by atoms with Gasteiger partial charge in [-0.15, -0.1) is 0 Å². The van der Waals surface area contributed by atoms with Gasteiger partial charge in [-0.25, -0.2) is 4.39 Å². The molecule has 4 rings (SSSR count). The second-order valence-electron chi connectivity index (χ2n) is 9.00. The molecular weight excluding hydrogens is 453 g/mol. The lowest BCUT2D eigenvalue weighted by Gasteiger charge is -2.40. The van der Waals surface area contributed by atoms with Gasteiger partial charge in [0.1, 0.15) is 5.82 Å². The van der Waals surface area contributed by atoms with Crippen LogP contribution in [0.3, 0.4) is 0 Å². The Hall–Kier alpha value is -3.76. The zero-order chi connectivity index (χ0) is 25.5. The standard InChI is InChI=1S/C29H32FN5O/c1-3-34(4-2)29(36)23-9-11-25(12-10-23)35(28-19-22(20-31)8-13-27(28)30)26-14-17-33(18-15-26)21-24-7-5-6-16-32-24/h5-13,16,19,26H,3-4,14-15,17-18,21H2,1-2H3. The van der Waals surface area contributed by atoms with Gasteiger partial charge in [0.25, 0.3) is 5.91 Å². The molecule has 1 aliphatic heterocycles. The van der Waals surface area contributed by atoms with E-state index in [0.717, 1.165) is 43.9 Å². The Bertz CT molecular complexity index is 1200. The maximum absolute atomic E-state index is 15.1. The summed E-state index contributed by atoms with van der Waals surface area (Å²) in [5.74, 6) is -0.383. The Labute approximate surface area is 212 Å². The summed E-state index contributed by atoms with van der Waals surface area (Å²) >= 11 is 0. The Balaban J connectivity index is 1.60. The minimum atomic E-state index is -0.367. The monoisotopic (exact) mass is 485 g/mol. The highest BCUT2D eigenvalue weighted by Gasteiger charge is 2.28. The second kappa shape index (κ2) is 11.8. The third kappa shape index (κ3) is 5.72. The van der Waals surface area contributed by atoms with Gasteiger partial charge in [0.05, 0.1) is 23.0 Å². The van der Waals surface area contributed by atoms with Crippen molar-refractivity contribution >= 4 is 17.3 Å². The second-order valence-corrected chi connectivity index (χ2v) is 9.00. The van der Waals surface area contributed by atoms with Gasteiger partial charge in [-0.3, -0.25) is 14.7 Å². The van der Waals surface area contributed by atoms with Crippen molar-refractivity contribution in [2.24, 2.45) is 0 Å². The summed E-state index contributed by atoms with van der Waals surface area (Å²) in [6, 6.07) is 20.0. The van der Waals surface area contributed by atoms with Crippen LogP contribution in [0.15, 0.2) is 66.9 Å². The summed E-state index contributed by atoms with van der Waals surface area (Å²) in [7, 11) is 0. The number of hydrogen-bond donors (Lipinski definition) is 0. The minimum Gasteiger partial charge on any atom is -0.339 e. The molecule has 1 amide bonds. The van der Waals surface area contributed by atoms with Crippen LogP contribution in [0.5, 0.6) is 0 Å². The number of amides is 1. The van der Waals surface area contributed by atoms with Crippen LogP contribution in [-0.4, -0.2) is 52.9 Å². The summed E-state index contributed by atoms with van der Waals surface area (Å²) in [4.78, 5) is 23.4. The molecule has 3 aromatic rings. The largest absolute Gasteiger partial charge is 0.339 e. The van der Waals surface area contributed by atoms with E-state index in [1.807, 2.05) is 67.4 Å². The third-order valence-corrected chi connectivity index (χ3v) is 6.81. The predicted molar refractivity (Wildman–Crippen MR) is 139 cm³/mol. The number of carbonyl (C=O) groups excluding carboxylic acids is 1. The third-order valence-electron chi connectivity index (χ3n) is 6.81. The van der Waals surface area contributed by atoms with Gasteiger partial charge in [-0.2, -0.15) is 5.26 Å². The fourth-order valence-corrected chi connectivity index (χ4v) is 4.83. The number of nitriles is 1.